The van der Waals surface area contributed by atoms with Crippen LogP contribution in [0.3, 0.4) is 0 Å². The van der Waals surface area contributed by atoms with Crippen molar-refractivity contribution in [1.29, 1.82) is 0 Å². The van der Waals surface area contributed by atoms with Crippen molar-refractivity contribution in [3.63, 3.8) is 0 Å². The Balaban J connectivity index is 2.59. The van der Waals surface area contributed by atoms with Gasteiger partial charge in [0.05, 0.1) is 18.2 Å². The van der Waals surface area contributed by atoms with Gasteiger partial charge < -0.3 is 15.8 Å². The molecule has 1 rings (SSSR count). The number of carbonyl (C=O) groups is 1. The monoisotopic (exact) mass is 257 g/mol. The summed E-state index contributed by atoms with van der Waals surface area (Å²) in [4.78, 5) is 14.3. The van der Waals surface area contributed by atoms with Crippen molar-refractivity contribution in [3.8, 4) is 0 Å². The maximum Gasteiger partial charge on any atom is 0.237 e. The van der Waals surface area contributed by atoms with Gasteiger partial charge in [-0.15, -0.1) is 0 Å². The van der Waals surface area contributed by atoms with Crippen LogP contribution in [0.15, 0.2) is 0 Å². The number of nitrogens with two attached hydrogens (primary N) is 1. The lowest BCUT2D eigenvalue weighted by Crippen LogP contribution is -2.57. The average Bonchev–Trinajstić information content (AvgIpc) is 2.24. The van der Waals surface area contributed by atoms with Crippen LogP contribution in [0.25, 0.3) is 0 Å². The molecule has 3 atom stereocenters. The van der Waals surface area contributed by atoms with Gasteiger partial charge in [0.1, 0.15) is 0 Å². The summed E-state index contributed by atoms with van der Waals surface area (Å²) >= 11 is 0. The Morgan fingerprint density at radius 3 is 2.61 bits per heavy atom. The lowest BCUT2D eigenvalue weighted by atomic mass is 10.1. The van der Waals surface area contributed by atoms with E-state index in [2.05, 4.69) is 10.2 Å². The number of rotatable bonds is 3. The average molecular weight is 257 g/mol. The summed E-state index contributed by atoms with van der Waals surface area (Å²) in [6, 6.07) is -0.148. The van der Waals surface area contributed by atoms with E-state index in [1.807, 2.05) is 34.6 Å². The van der Waals surface area contributed by atoms with E-state index in [0.29, 0.717) is 6.54 Å². The molecule has 0 radical (unpaired) electrons. The fourth-order valence-electron chi connectivity index (χ4n) is 2.17. The van der Waals surface area contributed by atoms with E-state index in [9.17, 15) is 4.79 Å². The first-order chi connectivity index (χ1) is 8.23. The van der Waals surface area contributed by atoms with Crippen LogP contribution in [-0.4, -0.2) is 54.2 Å². The van der Waals surface area contributed by atoms with Gasteiger partial charge in [0.25, 0.3) is 0 Å². The largest absolute Gasteiger partial charge is 0.371 e. The predicted molar refractivity (Wildman–Crippen MR) is 72.3 cm³/mol. The summed E-state index contributed by atoms with van der Waals surface area (Å²) in [6.07, 6.45) is 0.149. The minimum Gasteiger partial charge on any atom is -0.371 e. The molecule has 1 aliphatic heterocycles. The van der Waals surface area contributed by atoms with Gasteiger partial charge in [-0.1, -0.05) is 0 Å². The molecular weight excluding hydrogens is 230 g/mol. The summed E-state index contributed by atoms with van der Waals surface area (Å²) in [5.41, 5.74) is 5.46. The molecule has 18 heavy (non-hydrogen) atoms. The quantitative estimate of drug-likeness (QED) is 0.765. The fourth-order valence-corrected chi connectivity index (χ4v) is 2.17. The Hall–Kier alpha value is -0.650. The van der Waals surface area contributed by atoms with Gasteiger partial charge in [0, 0.05) is 25.2 Å². The highest BCUT2D eigenvalue weighted by Gasteiger charge is 2.31. The Bertz CT molecular complexity index is 288. The van der Waals surface area contributed by atoms with Crippen LogP contribution in [0, 0.1) is 0 Å². The van der Waals surface area contributed by atoms with Crippen molar-refractivity contribution < 1.29 is 9.53 Å². The first-order valence-corrected chi connectivity index (χ1v) is 6.64. The van der Waals surface area contributed by atoms with Crippen molar-refractivity contribution in [2.45, 2.75) is 58.4 Å². The number of nitrogens with zero attached hydrogens (tertiary/aromatic N) is 1. The summed E-state index contributed by atoms with van der Waals surface area (Å²) in [7, 11) is 0. The normalized spacial score (nSPS) is 27.9. The number of amides is 1. The number of hydrogen-bond donors (Lipinski definition) is 2. The Morgan fingerprint density at radius 2 is 2.11 bits per heavy atom. The van der Waals surface area contributed by atoms with Gasteiger partial charge in [-0.2, -0.15) is 0 Å². The maximum absolute atomic E-state index is 12.1. The molecule has 1 amide bonds. The number of nitrogens with one attached hydrogen (secondary N) is 1. The van der Waals surface area contributed by atoms with Crippen LogP contribution >= 0.6 is 0 Å². The molecule has 0 saturated carbocycles. The lowest BCUT2D eigenvalue weighted by molar-refractivity contribution is -0.133. The number of ether oxygens (including phenoxy) is 1. The highest BCUT2D eigenvalue weighted by molar-refractivity contribution is 5.81. The Morgan fingerprint density at radius 1 is 1.50 bits per heavy atom. The molecule has 0 aromatic rings. The van der Waals surface area contributed by atoms with E-state index in [4.69, 9.17) is 10.5 Å². The first kappa shape index (κ1) is 15.4. The maximum atomic E-state index is 12.1. The summed E-state index contributed by atoms with van der Waals surface area (Å²) in [6.45, 7) is 11.9. The van der Waals surface area contributed by atoms with Crippen LogP contribution in [0.1, 0.15) is 34.6 Å². The molecule has 1 saturated heterocycles. The third kappa shape index (κ3) is 4.55. The number of carbonyl (C=O) groups excluding carboxylic acids is 1. The fraction of sp³-hybridized carbons (Fsp3) is 0.923. The zero-order valence-corrected chi connectivity index (χ0v) is 12.2. The van der Waals surface area contributed by atoms with Gasteiger partial charge >= 0.3 is 0 Å². The van der Waals surface area contributed by atoms with Crippen molar-refractivity contribution in [2.24, 2.45) is 5.73 Å². The molecule has 1 fully saturated rings. The topological polar surface area (TPSA) is 67.6 Å². The highest BCUT2D eigenvalue weighted by atomic mass is 16.5. The van der Waals surface area contributed by atoms with Crippen LogP contribution in [-0.2, 0) is 9.53 Å². The van der Waals surface area contributed by atoms with E-state index in [-0.39, 0.29) is 29.7 Å². The SMILES string of the molecule is CC1CN(C(C)C(=O)NC(C)(C)C)CC(CN)O1. The van der Waals surface area contributed by atoms with E-state index in [1.54, 1.807) is 0 Å². The van der Waals surface area contributed by atoms with Crippen LogP contribution in [0.2, 0.25) is 0 Å². The van der Waals surface area contributed by atoms with Crippen molar-refractivity contribution in [1.82, 2.24) is 10.2 Å². The van der Waals surface area contributed by atoms with Gasteiger partial charge in [-0.25, -0.2) is 0 Å². The lowest BCUT2D eigenvalue weighted by Gasteiger charge is -2.39. The van der Waals surface area contributed by atoms with E-state index >= 15 is 0 Å². The second-order valence-electron chi connectivity index (χ2n) is 6.17. The molecule has 0 aromatic heterocycles. The number of hydrogen-bond acceptors (Lipinski definition) is 4. The predicted octanol–water partition coefficient (Wildman–Crippen LogP) is 0.338. The smallest absolute Gasteiger partial charge is 0.237 e. The van der Waals surface area contributed by atoms with Gasteiger partial charge in [0.15, 0.2) is 0 Å². The van der Waals surface area contributed by atoms with Crippen LogP contribution in [0.5, 0.6) is 0 Å². The molecule has 1 aliphatic rings. The second kappa shape index (κ2) is 5.99. The molecule has 0 aliphatic carbocycles. The third-order valence-corrected chi connectivity index (χ3v) is 3.04. The van der Waals surface area contributed by atoms with E-state index in [0.717, 1.165) is 13.1 Å². The van der Waals surface area contributed by atoms with Crippen molar-refractivity contribution >= 4 is 5.91 Å². The van der Waals surface area contributed by atoms with Crippen LogP contribution in [0.4, 0.5) is 0 Å². The zero-order chi connectivity index (χ0) is 13.9. The first-order valence-electron chi connectivity index (χ1n) is 6.64. The Labute approximate surface area is 110 Å². The minimum atomic E-state index is -0.198. The molecule has 3 unspecified atom stereocenters. The van der Waals surface area contributed by atoms with Crippen molar-refractivity contribution in [2.75, 3.05) is 19.6 Å². The van der Waals surface area contributed by atoms with Crippen LogP contribution < -0.4 is 11.1 Å². The van der Waals surface area contributed by atoms with E-state index < -0.39 is 0 Å². The third-order valence-electron chi connectivity index (χ3n) is 3.04. The zero-order valence-electron chi connectivity index (χ0n) is 12.2. The highest BCUT2D eigenvalue weighted by Crippen LogP contribution is 2.14. The molecule has 0 aromatic carbocycles. The minimum absolute atomic E-state index is 0.0265. The van der Waals surface area contributed by atoms with Gasteiger partial charge in [-0.05, 0) is 34.6 Å². The Kier molecular flexibility index (Phi) is 5.13. The molecule has 1 heterocycles. The molecule has 106 valence electrons. The molecule has 3 N–H and O–H groups in total. The number of morpholine rings is 1. The van der Waals surface area contributed by atoms with E-state index in [1.165, 1.54) is 0 Å². The standard InChI is InChI=1S/C13H27N3O2/c1-9-7-16(8-11(6-14)18-9)10(2)12(17)15-13(3,4)5/h9-11H,6-8,14H2,1-5H3,(H,15,17). The molecule has 0 bridgehead atoms. The van der Waals surface area contributed by atoms with Gasteiger partial charge in [0.2, 0.25) is 5.91 Å². The molecular formula is C13H27N3O2. The van der Waals surface area contributed by atoms with Gasteiger partial charge in [-0.3, -0.25) is 9.69 Å². The summed E-state index contributed by atoms with van der Waals surface area (Å²) < 4.78 is 5.70. The molecule has 5 heteroatoms. The second-order valence-corrected chi connectivity index (χ2v) is 6.17. The van der Waals surface area contributed by atoms with Crippen molar-refractivity contribution in [3.05, 3.63) is 0 Å². The summed E-state index contributed by atoms with van der Waals surface area (Å²) in [5.74, 6) is 0.0624. The molecule has 5 nitrogen and oxygen atoms in total. The summed E-state index contributed by atoms with van der Waals surface area (Å²) in [5, 5.41) is 3.01. The molecule has 0 spiro atoms.